The molecule has 5 nitrogen and oxygen atoms in total. The molecule has 0 atom stereocenters. The van der Waals surface area contributed by atoms with E-state index in [1.807, 2.05) is 0 Å². The predicted molar refractivity (Wildman–Crippen MR) is 78.7 cm³/mol. The second kappa shape index (κ2) is 6.65. The van der Waals surface area contributed by atoms with Crippen LogP contribution in [0.2, 0.25) is 0 Å². The molecule has 24 heavy (non-hydrogen) atoms. The Kier molecular flexibility index (Phi) is 5.16. The Labute approximate surface area is 139 Å². The Morgan fingerprint density at radius 3 is 2.42 bits per heavy atom. The summed E-state index contributed by atoms with van der Waals surface area (Å²) in [5.41, 5.74) is -0.852. The zero-order valence-corrected chi connectivity index (χ0v) is 14.0. The Balaban J connectivity index is 2.62. The van der Waals surface area contributed by atoms with Gasteiger partial charge < -0.3 is 4.74 Å². The molecule has 0 unspecified atom stereocenters. The summed E-state index contributed by atoms with van der Waals surface area (Å²) in [6, 6.07) is 3.43. The third-order valence-corrected chi connectivity index (χ3v) is 5.13. The van der Waals surface area contributed by atoms with Crippen LogP contribution in [-0.2, 0) is 26.2 Å². The van der Waals surface area contributed by atoms with E-state index in [1.54, 1.807) is 0 Å². The molecular formula is C13H11F4NO4S2. The molecule has 2 rings (SSSR count). The minimum Gasteiger partial charge on any atom is -0.494 e. The number of methoxy groups -OCH3 is 1. The van der Waals surface area contributed by atoms with E-state index >= 15 is 0 Å². The lowest BCUT2D eigenvalue weighted by Crippen LogP contribution is -2.12. The van der Waals surface area contributed by atoms with Crippen molar-refractivity contribution in [1.29, 1.82) is 0 Å². The van der Waals surface area contributed by atoms with Crippen LogP contribution >= 0.6 is 11.5 Å². The first-order valence-electron chi connectivity index (χ1n) is 6.27. The van der Waals surface area contributed by atoms with Crippen molar-refractivity contribution in [1.82, 2.24) is 4.37 Å². The molecule has 1 heterocycles. The third kappa shape index (κ3) is 3.84. The maximum atomic E-state index is 13.8. The van der Waals surface area contributed by atoms with Crippen molar-refractivity contribution in [2.24, 2.45) is 0 Å². The van der Waals surface area contributed by atoms with Gasteiger partial charge in [-0.2, -0.15) is 26.0 Å². The number of ether oxygens (including phenoxy) is 1. The molecule has 1 aromatic heterocycles. The van der Waals surface area contributed by atoms with Gasteiger partial charge in [0.25, 0.3) is 10.1 Å². The summed E-state index contributed by atoms with van der Waals surface area (Å²) in [6.07, 6.45) is -4.79. The minimum absolute atomic E-state index is 0.00125. The summed E-state index contributed by atoms with van der Waals surface area (Å²) >= 11 is 0.0962. The summed E-state index contributed by atoms with van der Waals surface area (Å²) < 4.78 is 88.9. The fraction of sp³-hybridized carbons (Fsp3) is 0.308. The summed E-state index contributed by atoms with van der Waals surface area (Å²) in [6.45, 7) is 0. The van der Waals surface area contributed by atoms with Gasteiger partial charge in [-0.1, -0.05) is 0 Å². The number of nitrogens with zero attached hydrogens (tertiary/aromatic N) is 1. The molecule has 0 fully saturated rings. The Morgan fingerprint density at radius 1 is 1.25 bits per heavy atom. The highest BCUT2D eigenvalue weighted by Gasteiger charge is 2.39. The molecule has 0 spiro atoms. The fourth-order valence-electron chi connectivity index (χ4n) is 1.94. The van der Waals surface area contributed by atoms with Crippen LogP contribution in [0.25, 0.3) is 11.3 Å². The number of rotatable bonds is 5. The van der Waals surface area contributed by atoms with Gasteiger partial charge in [0.05, 0.1) is 19.9 Å². The third-order valence-electron chi connectivity index (χ3n) is 3.05. The number of hydrogen-bond acceptors (Lipinski definition) is 6. The minimum atomic E-state index is -4.79. The second-order valence-corrected chi connectivity index (χ2v) is 7.07. The van der Waals surface area contributed by atoms with Gasteiger partial charge in [-0.15, -0.1) is 0 Å². The largest absolute Gasteiger partial charge is 0.494 e. The van der Waals surface area contributed by atoms with Gasteiger partial charge in [-0.05, 0) is 29.7 Å². The first-order valence-corrected chi connectivity index (χ1v) is 8.62. The molecular weight excluding hydrogens is 374 g/mol. The number of hydrogen-bond donors (Lipinski definition) is 0. The zero-order chi connectivity index (χ0) is 18.1. The number of halogens is 4. The van der Waals surface area contributed by atoms with Gasteiger partial charge in [0.2, 0.25) is 0 Å². The molecule has 11 heteroatoms. The highest BCUT2D eigenvalue weighted by molar-refractivity contribution is 7.85. The van der Waals surface area contributed by atoms with E-state index in [9.17, 15) is 26.0 Å². The van der Waals surface area contributed by atoms with Crippen LogP contribution in [0.4, 0.5) is 17.6 Å². The average Bonchev–Trinajstić information content (AvgIpc) is 2.90. The SMILES string of the molecule is COc1ccc(-c2nsc(C(F)(F)F)c2CS(=O)(=O)OC)cc1F. The van der Waals surface area contributed by atoms with Gasteiger partial charge in [0, 0.05) is 11.1 Å². The standard InChI is InChI=1S/C13H11F4NO4S2/c1-21-10-4-3-7(5-9(10)14)11-8(6-24(19,20)22-2)12(23-18-11)13(15,16)17/h3-5H,6H2,1-2H3. The highest BCUT2D eigenvalue weighted by Crippen LogP contribution is 2.41. The summed E-state index contributed by atoms with van der Waals surface area (Å²) in [7, 11) is -2.15. The molecule has 0 saturated carbocycles. The molecule has 0 saturated heterocycles. The molecule has 2 aromatic rings. The van der Waals surface area contributed by atoms with Crippen molar-refractivity contribution in [3.63, 3.8) is 0 Å². The van der Waals surface area contributed by atoms with Crippen LogP contribution in [0.5, 0.6) is 5.75 Å². The van der Waals surface area contributed by atoms with E-state index in [-0.39, 0.29) is 28.5 Å². The van der Waals surface area contributed by atoms with Crippen molar-refractivity contribution < 1.29 is 34.9 Å². The molecule has 0 N–H and O–H groups in total. The van der Waals surface area contributed by atoms with Crippen molar-refractivity contribution in [2.45, 2.75) is 11.9 Å². The Hall–Kier alpha value is -1.72. The Morgan fingerprint density at radius 2 is 1.92 bits per heavy atom. The smallest absolute Gasteiger partial charge is 0.427 e. The second-order valence-electron chi connectivity index (χ2n) is 4.55. The van der Waals surface area contributed by atoms with Crippen LogP contribution in [0.3, 0.4) is 0 Å². The summed E-state index contributed by atoms with van der Waals surface area (Å²) in [5, 5.41) is 0. The van der Waals surface area contributed by atoms with E-state index in [0.717, 1.165) is 13.2 Å². The fourth-order valence-corrected chi connectivity index (χ4v) is 3.57. The molecule has 0 amide bonds. The lowest BCUT2D eigenvalue weighted by molar-refractivity contribution is -0.134. The van der Waals surface area contributed by atoms with Crippen LogP contribution in [0.1, 0.15) is 10.4 Å². The van der Waals surface area contributed by atoms with Gasteiger partial charge >= 0.3 is 6.18 Å². The van der Waals surface area contributed by atoms with E-state index < -0.39 is 38.3 Å². The Bertz CT molecular complexity index is 846. The quantitative estimate of drug-likeness (QED) is 0.583. The predicted octanol–water partition coefficient (Wildman–Crippen LogP) is 3.45. The van der Waals surface area contributed by atoms with Crippen molar-refractivity contribution in [3.8, 4) is 17.0 Å². The molecule has 0 bridgehead atoms. The summed E-state index contributed by atoms with van der Waals surface area (Å²) in [4.78, 5) is -1.17. The van der Waals surface area contributed by atoms with E-state index in [1.165, 1.54) is 19.2 Å². The van der Waals surface area contributed by atoms with Crippen LogP contribution < -0.4 is 4.74 Å². The average molecular weight is 385 g/mol. The summed E-state index contributed by atoms with van der Waals surface area (Å²) in [5.74, 6) is -1.94. The van der Waals surface area contributed by atoms with Crippen LogP contribution in [0, 0.1) is 5.82 Å². The van der Waals surface area contributed by atoms with Gasteiger partial charge in [0.1, 0.15) is 10.6 Å². The highest BCUT2D eigenvalue weighted by atomic mass is 32.2. The van der Waals surface area contributed by atoms with E-state index in [4.69, 9.17) is 4.74 Å². The monoisotopic (exact) mass is 385 g/mol. The first-order chi connectivity index (χ1) is 11.1. The van der Waals surface area contributed by atoms with E-state index in [0.29, 0.717) is 0 Å². The molecule has 0 aliphatic rings. The van der Waals surface area contributed by atoms with Crippen molar-refractivity contribution in [2.75, 3.05) is 14.2 Å². The molecule has 0 aliphatic carbocycles. The maximum absolute atomic E-state index is 13.8. The van der Waals surface area contributed by atoms with E-state index in [2.05, 4.69) is 8.56 Å². The van der Waals surface area contributed by atoms with Crippen molar-refractivity contribution in [3.05, 3.63) is 34.5 Å². The van der Waals surface area contributed by atoms with Crippen LogP contribution in [0.15, 0.2) is 18.2 Å². The lowest BCUT2D eigenvalue weighted by Gasteiger charge is -2.09. The molecule has 0 aliphatic heterocycles. The molecule has 1 aromatic carbocycles. The maximum Gasteiger partial charge on any atom is 0.427 e. The van der Waals surface area contributed by atoms with Crippen molar-refractivity contribution >= 4 is 21.7 Å². The normalized spacial score (nSPS) is 12.4. The lowest BCUT2D eigenvalue weighted by atomic mass is 10.1. The molecule has 0 radical (unpaired) electrons. The number of benzene rings is 1. The zero-order valence-electron chi connectivity index (χ0n) is 12.3. The van der Waals surface area contributed by atoms with Gasteiger partial charge in [-0.3, -0.25) is 4.18 Å². The number of alkyl halides is 3. The topological polar surface area (TPSA) is 65.5 Å². The molecule has 132 valence electrons. The first kappa shape index (κ1) is 18.6. The van der Waals surface area contributed by atoms with Gasteiger partial charge in [-0.25, -0.2) is 4.39 Å². The van der Waals surface area contributed by atoms with Gasteiger partial charge in [0.15, 0.2) is 11.6 Å². The van der Waals surface area contributed by atoms with Crippen LogP contribution in [-0.4, -0.2) is 27.0 Å². The number of aromatic nitrogens is 1.